The van der Waals surface area contributed by atoms with Crippen LogP contribution in [-0.4, -0.2) is 36.4 Å². The highest BCUT2D eigenvalue weighted by Crippen LogP contribution is 2.23. The summed E-state index contributed by atoms with van der Waals surface area (Å²) in [5.74, 6) is -1.20. The smallest absolute Gasteiger partial charge is 0.267 e. The molecule has 0 spiro atoms. The first kappa shape index (κ1) is 19.3. The van der Waals surface area contributed by atoms with Gasteiger partial charge in [-0.1, -0.05) is 37.3 Å². The Balaban J connectivity index is 2.07. The molecule has 0 aliphatic heterocycles. The second-order valence-corrected chi connectivity index (χ2v) is 8.39. The average molecular weight is 387 g/mol. The molecule has 1 aromatic heterocycles. The molecule has 1 atom stereocenters. The lowest BCUT2D eigenvalue weighted by molar-refractivity contribution is -0.122. The Morgan fingerprint density at radius 3 is 2.68 bits per heavy atom. The number of nitrogens with zero attached hydrogens (tertiary/aromatic N) is 2. The maximum absolute atomic E-state index is 13.6. The molecule has 1 N–H and O–H groups in total. The molecule has 25 heavy (non-hydrogen) atoms. The van der Waals surface area contributed by atoms with Crippen molar-refractivity contribution in [1.29, 1.82) is 0 Å². The number of hydrogen-bond acceptors (Lipinski definition) is 7. The van der Waals surface area contributed by atoms with E-state index in [1.165, 1.54) is 18.2 Å². The Morgan fingerprint density at radius 2 is 2.04 bits per heavy atom. The third kappa shape index (κ3) is 4.95. The van der Waals surface area contributed by atoms with Crippen LogP contribution in [0, 0.1) is 5.82 Å². The van der Waals surface area contributed by atoms with Gasteiger partial charge in [0.25, 0.3) is 5.91 Å². The highest BCUT2D eigenvalue weighted by atomic mass is 32.2. The Hall–Kier alpha value is -2.07. The molecule has 0 radical (unpaired) electrons. The normalized spacial score (nSPS) is 12.6. The number of halogens is 1. The molecule has 0 saturated heterocycles. The van der Waals surface area contributed by atoms with Gasteiger partial charge < -0.3 is 4.74 Å². The lowest BCUT2D eigenvalue weighted by atomic mass is 10.2. The zero-order valence-electron chi connectivity index (χ0n) is 13.7. The summed E-state index contributed by atoms with van der Waals surface area (Å²) < 4.78 is 42.7. The van der Waals surface area contributed by atoms with Gasteiger partial charge in [0.1, 0.15) is 0 Å². The Kier molecular flexibility index (Phi) is 6.43. The van der Waals surface area contributed by atoms with E-state index in [1.807, 2.05) is 0 Å². The Bertz CT molecular complexity index is 839. The number of anilines is 1. The molecule has 10 heteroatoms. The maximum Gasteiger partial charge on any atom is 0.267 e. The van der Waals surface area contributed by atoms with Gasteiger partial charge in [-0.2, -0.15) is 0 Å². The van der Waals surface area contributed by atoms with E-state index < -0.39 is 27.7 Å². The van der Waals surface area contributed by atoms with Crippen LogP contribution >= 0.6 is 11.3 Å². The topological polar surface area (TPSA) is 98.3 Å². The summed E-state index contributed by atoms with van der Waals surface area (Å²) in [6, 6.07) is 5.77. The number of rotatable bonds is 8. The van der Waals surface area contributed by atoms with E-state index in [0.29, 0.717) is 12.8 Å². The molecule has 0 bridgehead atoms. The number of sulfone groups is 1. The second kappa shape index (κ2) is 8.34. The maximum atomic E-state index is 13.6. The number of carbonyl (C=O) groups is 1. The summed E-state index contributed by atoms with van der Waals surface area (Å²) in [5, 5.41) is 9.79. The summed E-state index contributed by atoms with van der Waals surface area (Å²) in [6.07, 6.45) is -0.200. The summed E-state index contributed by atoms with van der Waals surface area (Å²) >= 11 is 0.774. The minimum atomic E-state index is -3.49. The third-order valence-electron chi connectivity index (χ3n) is 3.14. The zero-order valence-corrected chi connectivity index (χ0v) is 15.4. The first-order valence-electron chi connectivity index (χ1n) is 7.65. The van der Waals surface area contributed by atoms with Crippen LogP contribution in [0.2, 0.25) is 0 Å². The van der Waals surface area contributed by atoms with Crippen molar-refractivity contribution in [1.82, 2.24) is 10.2 Å². The first-order valence-corrected chi connectivity index (χ1v) is 10.1. The first-order chi connectivity index (χ1) is 11.9. The molecule has 1 aromatic carbocycles. The quantitative estimate of drug-likeness (QED) is 0.699. The summed E-state index contributed by atoms with van der Waals surface area (Å²) in [6.45, 7) is 3.45. The van der Waals surface area contributed by atoms with Crippen molar-refractivity contribution >= 4 is 32.2 Å². The molecule has 2 aromatic rings. The van der Waals surface area contributed by atoms with Gasteiger partial charge in [0.15, 0.2) is 17.7 Å². The molecule has 1 amide bonds. The van der Waals surface area contributed by atoms with Crippen molar-refractivity contribution in [2.24, 2.45) is 0 Å². The van der Waals surface area contributed by atoms with Crippen molar-refractivity contribution in [3.63, 3.8) is 0 Å². The molecule has 0 aliphatic carbocycles. The molecule has 7 nitrogen and oxygen atoms in total. The van der Waals surface area contributed by atoms with Gasteiger partial charge in [0.2, 0.25) is 19.3 Å². The fourth-order valence-electron chi connectivity index (χ4n) is 1.94. The van der Waals surface area contributed by atoms with Crippen LogP contribution in [0.1, 0.15) is 26.7 Å². The van der Waals surface area contributed by atoms with Crippen LogP contribution in [0.4, 0.5) is 9.52 Å². The van der Waals surface area contributed by atoms with E-state index in [2.05, 4.69) is 15.5 Å². The number of carbonyl (C=O) groups excluding carboxylic acids is 1. The summed E-state index contributed by atoms with van der Waals surface area (Å²) in [4.78, 5) is 12.3. The highest BCUT2D eigenvalue weighted by Gasteiger charge is 2.24. The Labute approximate surface area is 149 Å². The summed E-state index contributed by atoms with van der Waals surface area (Å²) in [5.41, 5.74) is 0. The minimum Gasteiger partial charge on any atom is -0.478 e. The van der Waals surface area contributed by atoms with Crippen LogP contribution in [-0.2, 0) is 14.6 Å². The lowest BCUT2D eigenvalue weighted by Crippen LogP contribution is -2.32. The monoisotopic (exact) mass is 387 g/mol. The molecule has 1 heterocycles. The van der Waals surface area contributed by atoms with E-state index >= 15 is 0 Å². The number of hydrogen-bond donors (Lipinski definition) is 1. The molecule has 0 aliphatic rings. The molecule has 0 saturated carbocycles. The molecule has 0 fully saturated rings. The van der Waals surface area contributed by atoms with Crippen LogP contribution in [0.5, 0.6) is 5.75 Å². The van der Waals surface area contributed by atoms with E-state index in [9.17, 15) is 17.6 Å². The predicted molar refractivity (Wildman–Crippen MR) is 92.0 cm³/mol. The van der Waals surface area contributed by atoms with Crippen LogP contribution < -0.4 is 10.1 Å². The van der Waals surface area contributed by atoms with Gasteiger partial charge in [-0.25, -0.2) is 12.8 Å². The largest absolute Gasteiger partial charge is 0.478 e. The van der Waals surface area contributed by atoms with Gasteiger partial charge in [0.05, 0.1) is 5.75 Å². The number of nitrogens with one attached hydrogen (secondary N) is 1. The lowest BCUT2D eigenvalue weighted by Gasteiger charge is -2.16. The van der Waals surface area contributed by atoms with E-state index in [-0.39, 0.29) is 21.0 Å². The Morgan fingerprint density at radius 1 is 1.32 bits per heavy atom. The number of benzene rings is 1. The van der Waals surface area contributed by atoms with Crippen LogP contribution in [0.25, 0.3) is 0 Å². The standard InChI is InChI=1S/C15H18FN3O4S2/c1-3-9-25(21,22)15-19-18-14(24-15)17-13(20)11(4-2)23-12-8-6-5-7-10(12)16/h5-8,11H,3-4,9H2,1-2H3,(H,17,18,20)/t11-/m0/s1. The predicted octanol–water partition coefficient (Wildman–Crippen LogP) is 2.66. The van der Waals surface area contributed by atoms with Crippen molar-refractivity contribution in [3.8, 4) is 5.75 Å². The SMILES string of the molecule is CCCS(=O)(=O)c1nnc(NC(=O)[C@H](CC)Oc2ccccc2F)s1. The molecule has 0 unspecified atom stereocenters. The fourth-order valence-corrected chi connectivity index (χ4v) is 4.30. The average Bonchev–Trinajstić information content (AvgIpc) is 3.03. The molecule has 2 rings (SSSR count). The summed E-state index contributed by atoms with van der Waals surface area (Å²) in [7, 11) is -3.49. The van der Waals surface area contributed by atoms with Gasteiger partial charge in [0, 0.05) is 0 Å². The van der Waals surface area contributed by atoms with E-state index in [1.54, 1.807) is 19.9 Å². The van der Waals surface area contributed by atoms with Crippen molar-refractivity contribution in [3.05, 3.63) is 30.1 Å². The number of para-hydroxylation sites is 1. The van der Waals surface area contributed by atoms with E-state index in [0.717, 1.165) is 11.3 Å². The third-order valence-corrected chi connectivity index (χ3v) is 6.35. The van der Waals surface area contributed by atoms with Gasteiger partial charge >= 0.3 is 0 Å². The number of ether oxygens (including phenoxy) is 1. The minimum absolute atomic E-state index is 0.0343. The number of aromatic nitrogens is 2. The highest BCUT2D eigenvalue weighted by molar-refractivity contribution is 7.93. The number of amides is 1. The van der Waals surface area contributed by atoms with Crippen LogP contribution in [0.15, 0.2) is 28.6 Å². The van der Waals surface area contributed by atoms with E-state index in [4.69, 9.17) is 4.74 Å². The van der Waals surface area contributed by atoms with Gasteiger partial charge in [-0.3, -0.25) is 10.1 Å². The molecular weight excluding hydrogens is 369 g/mol. The van der Waals surface area contributed by atoms with Crippen molar-refractivity contribution in [2.75, 3.05) is 11.1 Å². The zero-order chi connectivity index (χ0) is 18.4. The van der Waals surface area contributed by atoms with Gasteiger partial charge in [-0.15, -0.1) is 10.2 Å². The molecular formula is C15H18FN3O4S2. The van der Waals surface area contributed by atoms with Crippen LogP contribution in [0.3, 0.4) is 0 Å². The van der Waals surface area contributed by atoms with Gasteiger partial charge in [-0.05, 0) is 25.0 Å². The van der Waals surface area contributed by atoms with Crippen molar-refractivity contribution < 1.29 is 22.3 Å². The second-order valence-electron chi connectivity index (χ2n) is 5.13. The molecule has 136 valence electrons. The van der Waals surface area contributed by atoms with Crippen molar-refractivity contribution in [2.45, 2.75) is 37.1 Å². The fraction of sp³-hybridized carbons (Fsp3) is 0.400.